The summed E-state index contributed by atoms with van der Waals surface area (Å²) in [6.45, 7) is 8.50. The summed E-state index contributed by atoms with van der Waals surface area (Å²) < 4.78 is 5.88. The Kier molecular flexibility index (Phi) is 7.92. The van der Waals surface area contributed by atoms with Crippen LogP contribution in [0.25, 0.3) is 6.08 Å². The molecular formula is C28H27ClN2O2. The van der Waals surface area contributed by atoms with Crippen molar-refractivity contribution >= 4 is 29.3 Å². The van der Waals surface area contributed by atoms with Crippen LogP contribution in [0.3, 0.4) is 0 Å². The predicted molar refractivity (Wildman–Crippen MR) is 135 cm³/mol. The number of carbonyl (C=O) groups is 1. The predicted octanol–water partition coefficient (Wildman–Crippen LogP) is 6.80. The van der Waals surface area contributed by atoms with E-state index < -0.39 is 5.91 Å². The Morgan fingerprint density at radius 3 is 2.45 bits per heavy atom. The number of nitrogens with zero attached hydrogens (tertiary/aromatic N) is 1. The standard InChI is InChI=1S/C28H27ClN2O2/c1-5-33-27-15-21(7-8-23(27)14-22-11-18(2)10-19(3)12-22)13-24(17-30)28(32)31-26-16-25(29)9-6-20(26)4/h6-13,15-16H,5,14H2,1-4H3,(H,31,32)/b24-13+. The molecule has 0 radical (unpaired) electrons. The third-order valence-corrected chi connectivity index (χ3v) is 5.43. The molecule has 0 heterocycles. The third-order valence-electron chi connectivity index (χ3n) is 5.19. The van der Waals surface area contributed by atoms with Crippen LogP contribution in [0.5, 0.6) is 5.75 Å². The van der Waals surface area contributed by atoms with Gasteiger partial charge in [-0.3, -0.25) is 4.79 Å². The summed E-state index contributed by atoms with van der Waals surface area (Å²) in [4.78, 5) is 12.7. The zero-order valence-electron chi connectivity index (χ0n) is 19.3. The van der Waals surface area contributed by atoms with Crippen molar-refractivity contribution in [1.29, 1.82) is 5.26 Å². The Labute approximate surface area is 200 Å². The second-order valence-corrected chi connectivity index (χ2v) is 8.49. The van der Waals surface area contributed by atoms with Crippen molar-refractivity contribution in [3.8, 4) is 11.8 Å². The average Bonchev–Trinajstić information content (AvgIpc) is 2.75. The van der Waals surface area contributed by atoms with E-state index in [0.29, 0.717) is 17.3 Å². The molecule has 3 aromatic carbocycles. The van der Waals surface area contributed by atoms with Gasteiger partial charge in [-0.2, -0.15) is 5.26 Å². The van der Waals surface area contributed by atoms with Crippen molar-refractivity contribution in [2.45, 2.75) is 34.1 Å². The molecule has 0 spiro atoms. The minimum atomic E-state index is -0.486. The van der Waals surface area contributed by atoms with Gasteiger partial charge in [0.2, 0.25) is 0 Å². The number of nitriles is 1. The van der Waals surface area contributed by atoms with Crippen LogP contribution in [0.2, 0.25) is 5.02 Å². The van der Waals surface area contributed by atoms with Crippen molar-refractivity contribution in [3.63, 3.8) is 0 Å². The van der Waals surface area contributed by atoms with Gasteiger partial charge in [-0.1, -0.05) is 59.1 Å². The number of hydrogen-bond acceptors (Lipinski definition) is 3. The van der Waals surface area contributed by atoms with E-state index >= 15 is 0 Å². The van der Waals surface area contributed by atoms with Crippen LogP contribution in [0.15, 0.2) is 60.2 Å². The molecule has 0 saturated carbocycles. The zero-order valence-corrected chi connectivity index (χ0v) is 20.1. The molecule has 1 amide bonds. The quantitative estimate of drug-likeness (QED) is 0.313. The summed E-state index contributed by atoms with van der Waals surface area (Å²) in [6, 6.07) is 19.5. The summed E-state index contributed by atoms with van der Waals surface area (Å²) in [5, 5.41) is 12.9. The normalized spacial score (nSPS) is 11.1. The van der Waals surface area contributed by atoms with Gasteiger partial charge in [-0.15, -0.1) is 0 Å². The molecule has 0 atom stereocenters. The van der Waals surface area contributed by atoms with Gasteiger partial charge in [0.15, 0.2) is 0 Å². The van der Waals surface area contributed by atoms with E-state index in [2.05, 4.69) is 37.4 Å². The molecule has 33 heavy (non-hydrogen) atoms. The Morgan fingerprint density at radius 2 is 1.79 bits per heavy atom. The van der Waals surface area contributed by atoms with Gasteiger partial charge < -0.3 is 10.1 Å². The first kappa shape index (κ1) is 24.1. The second-order valence-electron chi connectivity index (χ2n) is 8.06. The smallest absolute Gasteiger partial charge is 0.266 e. The van der Waals surface area contributed by atoms with Gasteiger partial charge in [0, 0.05) is 17.1 Å². The fourth-order valence-corrected chi connectivity index (χ4v) is 3.89. The minimum absolute atomic E-state index is 0.00103. The van der Waals surface area contributed by atoms with Gasteiger partial charge in [-0.25, -0.2) is 0 Å². The van der Waals surface area contributed by atoms with Gasteiger partial charge in [0.25, 0.3) is 5.91 Å². The maximum atomic E-state index is 12.7. The number of nitrogens with one attached hydrogen (secondary N) is 1. The summed E-state index contributed by atoms with van der Waals surface area (Å²) in [7, 11) is 0. The van der Waals surface area contributed by atoms with Crippen LogP contribution in [0, 0.1) is 32.1 Å². The molecule has 168 valence electrons. The van der Waals surface area contributed by atoms with E-state index in [9.17, 15) is 10.1 Å². The fraction of sp³-hybridized carbons (Fsp3) is 0.214. The van der Waals surface area contributed by atoms with E-state index in [0.717, 1.165) is 28.9 Å². The second kappa shape index (κ2) is 10.8. The lowest BCUT2D eigenvalue weighted by Gasteiger charge is -2.13. The lowest BCUT2D eigenvalue weighted by atomic mass is 9.98. The highest BCUT2D eigenvalue weighted by molar-refractivity contribution is 6.31. The van der Waals surface area contributed by atoms with Crippen LogP contribution in [0.1, 0.15) is 40.3 Å². The number of ether oxygens (including phenoxy) is 1. The lowest BCUT2D eigenvalue weighted by molar-refractivity contribution is -0.112. The average molecular weight is 459 g/mol. The molecule has 5 heteroatoms. The molecule has 3 aromatic rings. The Bertz CT molecular complexity index is 1230. The highest BCUT2D eigenvalue weighted by Gasteiger charge is 2.13. The van der Waals surface area contributed by atoms with Gasteiger partial charge in [-0.05, 0) is 74.2 Å². The number of hydrogen-bond donors (Lipinski definition) is 1. The van der Waals surface area contributed by atoms with E-state index in [4.69, 9.17) is 16.3 Å². The minimum Gasteiger partial charge on any atom is -0.494 e. The molecule has 0 bridgehead atoms. The van der Waals surface area contributed by atoms with Crippen molar-refractivity contribution in [2.75, 3.05) is 11.9 Å². The molecule has 0 aliphatic carbocycles. The zero-order chi connectivity index (χ0) is 24.0. The monoisotopic (exact) mass is 458 g/mol. The van der Waals surface area contributed by atoms with Crippen molar-refractivity contribution in [1.82, 2.24) is 0 Å². The van der Waals surface area contributed by atoms with Crippen LogP contribution < -0.4 is 10.1 Å². The van der Waals surface area contributed by atoms with E-state index in [-0.39, 0.29) is 5.57 Å². The van der Waals surface area contributed by atoms with Gasteiger partial charge in [0.1, 0.15) is 17.4 Å². The Hall–Kier alpha value is -3.55. The van der Waals surface area contributed by atoms with Crippen molar-refractivity contribution in [2.24, 2.45) is 0 Å². The Morgan fingerprint density at radius 1 is 1.06 bits per heavy atom. The highest BCUT2D eigenvalue weighted by atomic mass is 35.5. The van der Waals surface area contributed by atoms with Crippen molar-refractivity contribution in [3.05, 3.63) is 98.6 Å². The molecule has 0 aliphatic rings. The first-order valence-corrected chi connectivity index (χ1v) is 11.2. The molecule has 1 N–H and O–H groups in total. The number of benzene rings is 3. The maximum Gasteiger partial charge on any atom is 0.266 e. The van der Waals surface area contributed by atoms with E-state index in [1.807, 2.05) is 44.2 Å². The summed E-state index contributed by atoms with van der Waals surface area (Å²) in [6.07, 6.45) is 2.31. The van der Waals surface area contributed by atoms with Crippen molar-refractivity contribution < 1.29 is 9.53 Å². The Balaban J connectivity index is 1.88. The number of rotatable bonds is 7. The number of aryl methyl sites for hydroxylation is 3. The largest absolute Gasteiger partial charge is 0.494 e. The number of amides is 1. The van der Waals surface area contributed by atoms with Gasteiger partial charge in [0.05, 0.1) is 6.61 Å². The molecule has 0 unspecified atom stereocenters. The SMILES string of the molecule is CCOc1cc(/C=C(\C#N)C(=O)Nc2cc(Cl)ccc2C)ccc1Cc1cc(C)cc(C)c1. The number of carbonyl (C=O) groups excluding carboxylic acids is 1. The molecule has 4 nitrogen and oxygen atoms in total. The lowest BCUT2D eigenvalue weighted by Crippen LogP contribution is -2.14. The summed E-state index contributed by atoms with van der Waals surface area (Å²) >= 11 is 6.04. The molecule has 0 aromatic heterocycles. The molecule has 0 fully saturated rings. The van der Waals surface area contributed by atoms with Crippen LogP contribution >= 0.6 is 11.6 Å². The molecule has 3 rings (SSSR count). The number of halogens is 1. The molecular weight excluding hydrogens is 432 g/mol. The maximum absolute atomic E-state index is 12.7. The molecule has 0 aliphatic heterocycles. The number of anilines is 1. The van der Waals surface area contributed by atoms with Crippen LogP contribution in [0.4, 0.5) is 5.69 Å². The third kappa shape index (κ3) is 6.47. The fourth-order valence-electron chi connectivity index (χ4n) is 3.72. The topological polar surface area (TPSA) is 62.1 Å². The van der Waals surface area contributed by atoms with Gasteiger partial charge >= 0.3 is 0 Å². The summed E-state index contributed by atoms with van der Waals surface area (Å²) in [5.74, 6) is 0.258. The van der Waals surface area contributed by atoms with E-state index in [1.54, 1.807) is 18.2 Å². The first-order valence-electron chi connectivity index (χ1n) is 10.8. The van der Waals surface area contributed by atoms with E-state index in [1.165, 1.54) is 16.7 Å². The first-order chi connectivity index (χ1) is 15.8. The van der Waals surface area contributed by atoms with Crippen LogP contribution in [-0.2, 0) is 11.2 Å². The van der Waals surface area contributed by atoms with Crippen LogP contribution in [-0.4, -0.2) is 12.5 Å². The molecule has 0 saturated heterocycles. The summed E-state index contributed by atoms with van der Waals surface area (Å²) in [5.41, 5.74) is 6.87. The highest BCUT2D eigenvalue weighted by Crippen LogP contribution is 2.26.